The second-order valence-corrected chi connectivity index (χ2v) is 7.84. The van der Waals surface area contributed by atoms with Crippen LogP contribution in [0.4, 0.5) is 10.1 Å². The van der Waals surface area contributed by atoms with Gasteiger partial charge in [-0.05, 0) is 43.3 Å². The van der Waals surface area contributed by atoms with Crippen molar-refractivity contribution in [1.82, 2.24) is 19.7 Å². The van der Waals surface area contributed by atoms with Crippen LogP contribution < -0.4 is 14.8 Å². The second-order valence-electron chi connectivity index (χ2n) is 6.75. The van der Waals surface area contributed by atoms with Crippen molar-refractivity contribution < 1.29 is 18.7 Å². The van der Waals surface area contributed by atoms with Crippen LogP contribution in [0, 0.1) is 12.7 Å². The molecule has 32 heavy (non-hydrogen) atoms. The number of carbonyl (C=O) groups excluding carboxylic acids is 1. The Morgan fingerprint density at radius 3 is 2.78 bits per heavy atom. The molecule has 0 unspecified atom stereocenters. The lowest BCUT2D eigenvalue weighted by molar-refractivity contribution is 0.103. The summed E-state index contributed by atoms with van der Waals surface area (Å²) in [6.07, 6.45) is 3.09. The summed E-state index contributed by atoms with van der Waals surface area (Å²) < 4.78 is 26.0. The van der Waals surface area contributed by atoms with E-state index < -0.39 is 0 Å². The van der Waals surface area contributed by atoms with Gasteiger partial charge in [0.05, 0.1) is 12.2 Å². The summed E-state index contributed by atoms with van der Waals surface area (Å²) in [5.74, 6) is 0.585. The Labute approximate surface area is 187 Å². The first-order valence-electron chi connectivity index (χ1n) is 9.78. The SMILES string of the molecule is Cc1nc(COc2ccc(F)cc2)sc1C(=O)Nc1cccc(OCCn2cncn2)c1. The first-order valence-corrected chi connectivity index (χ1v) is 10.6. The van der Waals surface area contributed by atoms with Gasteiger partial charge in [-0.15, -0.1) is 11.3 Å². The van der Waals surface area contributed by atoms with Crippen LogP contribution >= 0.6 is 11.3 Å². The standard InChI is InChI=1S/C22H20FN5O3S/c1-15-21(32-20(26-15)12-31-18-7-5-16(23)6-8-18)22(29)27-17-3-2-4-19(11-17)30-10-9-28-14-24-13-25-28/h2-8,11,13-14H,9-10,12H2,1H3,(H,27,29). The van der Waals surface area contributed by atoms with E-state index in [9.17, 15) is 9.18 Å². The fourth-order valence-electron chi connectivity index (χ4n) is 2.86. The van der Waals surface area contributed by atoms with Gasteiger partial charge < -0.3 is 14.8 Å². The number of ether oxygens (including phenoxy) is 2. The maximum absolute atomic E-state index is 13.0. The quantitative estimate of drug-likeness (QED) is 0.410. The molecule has 0 bridgehead atoms. The molecule has 0 aliphatic carbocycles. The van der Waals surface area contributed by atoms with Gasteiger partial charge in [-0.2, -0.15) is 5.10 Å². The highest BCUT2D eigenvalue weighted by Crippen LogP contribution is 2.23. The van der Waals surface area contributed by atoms with Crippen LogP contribution in [0.2, 0.25) is 0 Å². The Hall–Kier alpha value is -3.79. The van der Waals surface area contributed by atoms with Gasteiger partial charge in [0.1, 0.15) is 53.1 Å². The van der Waals surface area contributed by atoms with Crippen molar-refractivity contribution in [3.63, 3.8) is 0 Å². The van der Waals surface area contributed by atoms with Gasteiger partial charge in [-0.3, -0.25) is 4.79 Å². The predicted octanol–water partition coefficient (Wildman–Crippen LogP) is 4.09. The van der Waals surface area contributed by atoms with Gasteiger partial charge in [0.2, 0.25) is 0 Å². The Bertz CT molecular complexity index is 1180. The molecule has 0 aliphatic heterocycles. The number of nitrogens with one attached hydrogen (secondary N) is 1. The number of thiazole rings is 1. The molecule has 2 aromatic heterocycles. The molecule has 1 N–H and O–H groups in total. The smallest absolute Gasteiger partial charge is 0.267 e. The number of aromatic nitrogens is 4. The van der Waals surface area contributed by atoms with E-state index in [2.05, 4.69) is 20.4 Å². The zero-order chi connectivity index (χ0) is 22.3. The summed E-state index contributed by atoms with van der Waals surface area (Å²) in [5, 5.41) is 7.55. The van der Waals surface area contributed by atoms with E-state index in [0.29, 0.717) is 45.9 Å². The number of carbonyl (C=O) groups is 1. The molecule has 0 spiro atoms. The van der Waals surface area contributed by atoms with Crippen molar-refractivity contribution >= 4 is 22.9 Å². The zero-order valence-corrected chi connectivity index (χ0v) is 18.0. The van der Waals surface area contributed by atoms with Crippen molar-refractivity contribution in [3.8, 4) is 11.5 Å². The van der Waals surface area contributed by atoms with Crippen molar-refractivity contribution in [1.29, 1.82) is 0 Å². The molecule has 164 valence electrons. The maximum Gasteiger partial charge on any atom is 0.267 e. The lowest BCUT2D eigenvalue weighted by atomic mass is 10.3. The Kier molecular flexibility index (Phi) is 6.71. The summed E-state index contributed by atoms with van der Waals surface area (Å²) in [7, 11) is 0. The third kappa shape index (κ3) is 5.67. The molecule has 1 amide bonds. The van der Waals surface area contributed by atoms with Crippen LogP contribution in [-0.2, 0) is 13.2 Å². The molecule has 4 aromatic rings. The van der Waals surface area contributed by atoms with Gasteiger partial charge in [0.15, 0.2) is 0 Å². The fraction of sp³-hybridized carbons (Fsp3) is 0.182. The minimum atomic E-state index is -0.328. The van der Waals surface area contributed by atoms with Crippen LogP contribution in [0.3, 0.4) is 0 Å². The molecule has 0 radical (unpaired) electrons. The summed E-state index contributed by atoms with van der Waals surface area (Å²) in [4.78, 5) is 21.6. The highest BCUT2D eigenvalue weighted by Gasteiger charge is 2.16. The van der Waals surface area contributed by atoms with E-state index in [0.717, 1.165) is 0 Å². The fourth-order valence-corrected chi connectivity index (χ4v) is 3.73. The minimum absolute atomic E-state index is 0.194. The first-order chi connectivity index (χ1) is 15.6. The summed E-state index contributed by atoms with van der Waals surface area (Å²) in [6, 6.07) is 12.9. The molecule has 2 heterocycles. The summed E-state index contributed by atoms with van der Waals surface area (Å²) >= 11 is 1.26. The molecule has 0 fully saturated rings. The molecule has 0 atom stereocenters. The van der Waals surface area contributed by atoms with Crippen LogP contribution in [0.1, 0.15) is 20.4 Å². The maximum atomic E-state index is 13.0. The van der Waals surface area contributed by atoms with Crippen molar-refractivity contribution in [2.75, 3.05) is 11.9 Å². The van der Waals surface area contributed by atoms with Crippen molar-refractivity contribution in [2.24, 2.45) is 0 Å². The number of anilines is 1. The van der Waals surface area contributed by atoms with Crippen molar-refractivity contribution in [2.45, 2.75) is 20.1 Å². The van der Waals surface area contributed by atoms with Gasteiger partial charge in [0, 0.05) is 11.8 Å². The van der Waals surface area contributed by atoms with Gasteiger partial charge in [-0.1, -0.05) is 6.07 Å². The Balaban J connectivity index is 1.33. The Morgan fingerprint density at radius 1 is 1.16 bits per heavy atom. The Morgan fingerprint density at radius 2 is 2.00 bits per heavy atom. The largest absolute Gasteiger partial charge is 0.492 e. The number of rotatable bonds is 9. The number of nitrogens with zero attached hydrogens (tertiary/aromatic N) is 4. The van der Waals surface area contributed by atoms with E-state index in [1.165, 1.54) is 29.8 Å². The third-order valence-corrected chi connectivity index (χ3v) is 5.50. The molecular weight excluding hydrogens is 433 g/mol. The molecule has 10 heteroatoms. The molecule has 2 aromatic carbocycles. The molecule has 0 saturated heterocycles. The molecule has 8 nitrogen and oxygen atoms in total. The number of aryl methyl sites for hydroxylation is 1. The normalized spacial score (nSPS) is 10.7. The zero-order valence-electron chi connectivity index (χ0n) is 17.2. The minimum Gasteiger partial charge on any atom is -0.492 e. The molecule has 0 aliphatic rings. The van der Waals surface area contributed by atoms with E-state index in [1.54, 1.807) is 42.2 Å². The number of amides is 1. The highest BCUT2D eigenvalue weighted by atomic mass is 32.1. The lowest BCUT2D eigenvalue weighted by Crippen LogP contribution is -2.12. The van der Waals surface area contributed by atoms with E-state index in [1.807, 2.05) is 12.1 Å². The third-order valence-electron chi connectivity index (χ3n) is 4.37. The number of halogens is 1. The summed E-state index contributed by atoms with van der Waals surface area (Å²) in [5.41, 5.74) is 1.23. The van der Waals surface area contributed by atoms with E-state index in [-0.39, 0.29) is 18.3 Å². The lowest BCUT2D eigenvalue weighted by Gasteiger charge is -2.09. The van der Waals surface area contributed by atoms with Gasteiger partial charge >= 0.3 is 0 Å². The van der Waals surface area contributed by atoms with Crippen LogP contribution in [0.25, 0.3) is 0 Å². The number of hydrogen-bond donors (Lipinski definition) is 1. The summed E-state index contributed by atoms with van der Waals surface area (Å²) in [6.45, 7) is 2.96. The van der Waals surface area contributed by atoms with Crippen molar-refractivity contribution in [3.05, 3.63) is 82.6 Å². The van der Waals surface area contributed by atoms with Gasteiger partial charge in [0.25, 0.3) is 5.91 Å². The number of benzene rings is 2. The van der Waals surface area contributed by atoms with Crippen LogP contribution in [0.15, 0.2) is 61.2 Å². The average Bonchev–Trinajstić information content (AvgIpc) is 3.43. The average molecular weight is 453 g/mol. The molecule has 4 rings (SSSR count). The van der Waals surface area contributed by atoms with Gasteiger partial charge in [-0.25, -0.2) is 19.0 Å². The highest BCUT2D eigenvalue weighted by molar-refractivity contribution is 7.13. The number of hydrogen-bond acceptors (Lipinski definition) is 7. The molecule has 0 saturated carbocycles. The molecular formula is C22H20FN5O3S. The van der Waals surface area contributed by atoms with E-state index in [4.69, 9.17) is 9.47 Å². The monoisotopic (exact) mass is 453 g/mol. The first kappa shape index (κ1) is 21.4. The predicted molar refractivity (Wildman–Crippen MR) is 117 cm³/mol. The van der Waals surface area contributed by atoms with E-state index >= 15 is 0 Å². The van der Waals surface area contributed by atoms with Crippen LogP contribution in [0.5, 0.6) is 11.5 Å². The topological polar surface area (TPSA) is 91.2 Å². The van der Waals surface area contributed by atoms with Crippen LogP contribution in [-0.4, -0.2) is 32.3 Å². The second kappa shape index (κ2) is 10.0.